The molecule has 0 aliphatic rings. The summed E-state index contributed by atoms with van der Waals surface area (Å²) in [6.45, 7) is 10.8. The van der Waals surface area contributed by atoms with Crippen molar-refractivity contribution in [3.05, 3.63) is 35.5 Å². The average molecular weight is 287 g/mol. The molecule has 114 valence electrons. The van der Waals surface area contributed by atoms with E-state index in [1.54, 1.807) is 12.5 Å². The monoisotopic (exact) mass is 287 g/mol. The average Bonchev–Trinajstić information content (AvgIpc) is 2.76. The van der Waals surface area contributed by atoms with Crippen LogP contribution in [0.1, 0.15) is 37.2 Å². The molecular weight excluding hydrogens is 262 g/mol. The predicted molar refractivity (Wildman–Crippen MR) is 84.7 cm³/mol. The molecule has 0 amide bonds. The number of rotatable bonds is 7. The molecule has 2 aromatic rings. The van der Waals surface area contributed by atoms with E-state index in [4.69, 9.17) is 0 Å². The van der Waals surface area contributed by atoms with Gasteiger partial charge in [0, 0.05) is 18.0 Å². The van der Waals surface area contributed by atoms with Crippen molar-refractivity contribution in [2.24, 2.45) is 5.92 Å². The van der Waals surface area contributed by atoms with E-state index >= 15 is 0 Å². The fraction of sp³-hybridized carbons (Fsp3) is 0.562. The van der Waals surface area contributed by atoms with Crippen molar-refractivity contribution >= 4 is 0 Å². The highest BCUT2D eigenvalue weighted by Gasteiger charge is 2.15. The van der Waals surface area contributed by atoms with Gasteiger partial charge in [0.1, 0.15) is 6.33 Å². The van der Waals surface area contributed by atoms with Crippen molar-refractivity contribution < 1.29 is 0 Å². The standard InChI is InChI=1S/C16H25N5/c1-5-7-17-10-12(2)9-15-13(3)20-21(14(15)4)16-6-8-18-11-19-16/h6,8,11-12,17H,5,7,9-10H2,1-4H3. The van der Waals surface area contributed by atoms with E-state index in [1.807, 2.05) is 10.7 Å². The third-order valence-electron chi connectivity index (χ3n) is 3.70. The maximum Gasteiger partial charge on any atom is 0.156 e. The van der Waals surface area contributed by atoms with Crippen molar-refractivity contribution in [1.82, 2.24) is 25.1 Å². The molecule has 0 fully saturated rings. The van der Waals surface area contributed by atoms with Crippen LogP contribution in [-0.2, 0) is 6.42 Å². The molecule has 0 bridgehead atoms. The normalized spacial score (nSPS) is 12.6. The fourth-order valence-corrected chi connectivity index (χ4v) is 2.55. The summed E-state index contributed by atoms with van der Waals surface area (Å²) < 4.78 is 1.92. The summed E-state index contributed by atoms with van der Waals surface area (Å²) in [6, 6.07) is 1.88. The van der Waals surface area contributed by atoms with Crippen molar-refractivity contribution in [2.45, 2.75) is 40.5 Å². The lowest BCUT2D eigenvalue weighted by atomic mass is 9.99. The summed E-state index contributed by atoms with van der Waals surface area (Å²) in [7, 11) is 0. The number of aryl methyl sites for hydroxylation is 1. The lowest BCUT2D eigenvalue weighted by molar-refractivity contribution is 0.509. The van der Waals surface area contributed by atoms with Gasteiger partial charge in [0.05, 0.1) is 5.69 Å². The molecule has 2 heterocycles. The molecule has 0 aromatic carbocycles. The summed E-state index contributed by atoms with van der Waals surface area (Å²) in [5.74, 6) is 1.42. The Morgan fingerprint density at radius 2 is 2.14 bits per heavy atom. The Morgan fingerprint density at radius 1 is 1.33 bits per heavy atom. The highest BCUT2D eigenvalue weighted by molar-refractivity contribution is 5.31. The zero-order chi connectivity index (χ0) is 15.2. The Morgan fingerprint density at radius 3 is 2.81 bits per heavy atom. The van der Waals surface area contributed by atoms with E-state index in [2.05, 4.69) is 48.1 Å². The highest BCUT2D eigenvalue weighted by atomic mass is 15.3. The van der Waals surface area contributed by atoms with Crippen molar-refractivity contribution in [3.63, 3.8) is 0 Å². The lowest BCUT2D eigenvalue weighted by Crippen LogP contribution is -2.23. The maximum atomic E-state index is 4.64. The third kappa shape index (κ3) is 3.88. The van der Waals surface area contributed by atoms with Crippen LogP contribution in [0.3, 0.4) is 0 Å². The molecular formula is C16H25N5. The van der Waals surface area contributed by atoms with Gasteiger partial charge in [-0.1, -0.05) is 13.8 Å². The molecule has 0 saturated heterocycles. The van der Waals surface area contributed by atoms with Crippen molar-refractivity contribution in [2.75, 3.05) is 13.1 Å². The Bertz CT molecular complexity index is 562. The van der Waals surface area contributed by atoms with Gasteiger partial charge >= 0.3 is 0 Å². The van der Waals surface area contributed by atoms with Gasteiger partial charge in [-0.25, -0.2) is 14.6 Å². The SMILES string of the molecule is CCCNCC(C)Cc1c(C)nn(-c2ccncn2)c1C. The Kier molecular flexibility index (Phi) is 5.44. The van der Waals surface area contributed by atoms with Crippen LogP contribution in [0.25, 0.3) is 5.82 Å². The first-order valence-corrected chi connectivity index (χ1v) is 7.65. The molecule has 0 aliphatic carbocycles. The Hall–Kier alpha value is -1.75. The van der Waals surface area contributed by atoms with E-state index < -0.39 is 0 Å². The van der Waals surface area contributed by atoms with Crippen LogP contribution in [0, 0.1) is 19.8 Å². The smallest absolute Gasteiger partial charge is 0.156 e. The van der Waals surface area contributed by atoms with Crippen molar-refractivity contribution in [3.8, 4) is 5.82 Å². The van der Waals surface area contributed by atoms with E-state index in [0.29, 0.717) is 5.92 Å². The molecule has 21 heavy (non-hydrogen) atoms. The third-order valence-corrected chi connectivity index (χ3v) is 3.70. The second-order valence-electron chi connectivity index (χ2n) is 5.64. The molecule has 5 nitrogen and oxygen atoms in total. The highest BCUT2D eigenvalue weighted by Crippen LogP contribution is 2.19. The van der Waals surface area contributed by atoms with Gasteiger partial charge in [-0.15, -0.1) is 0 Å². The fourth-order valence-electron chi connectivity index (χ4n) is 2.55. The Balaban J connectivity index is 2.13. The van der Waals surface area contributed by atoms with Crippen LogP contribution in [0.2, 0.25) is 0 Å². The van der Waals surface area contributed by atoms with Gasteiger partial charge in [0.15, 0.2) is 5.82 Å². The minimum atomic E-state index is 0.594. The molecule has 0 spiro atoms. The number of hydrogen-bond donors (Lipinski definition) is 1. The summed E-state index contributed by atoms with van der Waals surface area (Å²) in [6.07, 6.45) is 5.52. The summed E-state index contributed by atoms with van der Waals surface area (Å²) in [5.41, 5.74) is 3.60. The quantitative estimate of drug-likeness (QED) is 0.795. The summed E-state index contributed by atoms with van der Waals surface area (Å²) >= 11 is 0. The summed E-state index contributed by atoms with van der Waals surface area (Å²) in [5, 5.41) is 8.12. The number of nitrogens with zero attached hydrogens (tertiary/aromatic N) is 4. The summed E-state index contributed by atoms with van der Waals surface area (Å²) in [4.78, 5) is 8.24. The molecule has 0 radical (unpaired) electrons. The van der Waals surface area contributed by atoms with Crippen LogP contribution in [0.4, 0.5) is 0 Å². The number of aromatic nitrogens is 4. The van der Waals surface area contributed by atoms with E-state index in [-0.39, 0.29) is 0 Å². The lowest BCUT2D eigenvalue weighted by Gasteiger charge is -2.12. The van der Waals surface area contributed by atoms with E-state index in [9.17, 15) is 0 Å². The zero-order valence-electron chi connectivity index (χ0n) is 13.4. The van der Waals surface area contributed by atoms with Gasteiger partial charge in [0.2, 0.25) is 0 Å². The van der Waals surface area contributed by atoms with Crippen molar-refractivity contribution in [1.29, 1.82) is 0 Å². The zero-order valence-corrected chi connectivity index (χ0v) is 13.4. The molecule has 1 atom stereocenters. The van der Waals surface area contributed by atoms with Crippen LogP contribution < -0.4 is 5.32 Å². The molecule has 0 saturated carbocycles. The predicted octanol–water partition coefficient (Wildman–Crippen LogP) is 2.46. The Labute approximate surface area is 126 Å². The van der Waals surface area contributed by atoms with E-state index in [0.717, 1.165) is 31.0 Å². The van der Waals surface area contributed by atoms with E-state index in [1.165, 1.54) is 17.7 Å². The molecule has 0 aliphatic heterocycles. The first-order valence-electron chi connectivity index (χ1n) is 7.65. The van der Waals surface area contributed by atoms with Crippen LogP contribution in [0.15, 0.2) is 18.6 Å². The van der Waals surface area contributed by atoms with Crippen LogP contribution in [0.5, 0.6) is 0 Å². The largest absolute Gasteiger partial charge is 0.316 e. The number of nitrogens with one attached hydrogen (secondary N) is 1. The second kappa shape index (κ2) is 7.31. The van der Waals surface area contributed by atoms with Gasteiger partial charge in [-0.05, 0) is 51.3 Å². The van der Waals surface area contributed by atoms with Gasteiger partial charge in [-0.3, -0.25) is 0 Å². The first-order chi connectivity index (χ1) is 10.1. The van der Waals surface area contributed by atoms with Crippen LogP contribution >= 0.6 is 0 Å². The van der Waals surface area contributed by atoms with Gasteiger partial charge in [-0.2, -0.15) is 5.10 Å². The molecule has 2 rings (SSSR count). The second-order valence-corrected chi connectivity index (χ2v) is 5.64. The minimum absolute atomic E-state index is 0.594. The maximum absolute atomic E-state index is 4.64. The topological polar surface area (TPSA) is 55.6 Å². The minimum Gasteiger partial charge on any atom is -0.316 e. The van der Waals surface area contributed by atoms with Gasteiger partial charge < -0.3 is 5.32 Å². The number of hydrogen-bond acceptors (Lipinski definition) is 4. The molecule has 1 N–H and O–H groups in total. The molecule has 1 unspecified atom stereocenters. The first kappa shape index (κ1) is 15.6. The molecule has 5 heteroatoms. The van der Waals surface area contributed by atoms with Crippen LogP contribution in [-0.4, -0.2) is 32.8 Å². The molecule has 2 aromatic heterocycles. The van der Waals surface area contributed by atoms with Gasteiger partial charge in [0.25, 0.3) is 0 Å².